The lowest BCUT2D eigenvalue weighted by atomic mass is 9.63. The molecule has 2 aliphatic carbocycles. The molecule has 3 fully saturated rings. The van der Waals surface area contributed by atoms with Crippen LogP contribution in [0.1, 0.15) is 76.2 Å². The van der Waals surface area contributed by atoms with E-state index in [2.05, 4.69) is 25.6 Å². The zero-order chi connectivity index (χ0) is 30.2. The fourth-order valence-electron chi connectivity index (χ4n) is 7.65. The Labute approximate surface area is 262 Å². The van der Waals surface area contributed by atoms with Gasteiger partial charge in [0.15, 0.2) is 0 Å². The molecule has 0 radical (unpaired) electrons. The van der Waals surface area contributed by atoms with Crippen LogP contribution in [0.4, 0.5) is 0 Å². The van der Waals surface area contributed by atoms with E-state index < -0.39 is 0 Å². The van der Waals surface area contributed by atoms with Crippen LogP contribution in [0.2, 0.25) is 5.02 Å². The first-order chi connectivity index (χ1) is 20.8. The van der Waals surface area contributed by atoms with E-state index in [0.717, 1.165) is 63.7 Å². The molecule has 9 nitrogen and oxygen atoms in total. The fourth-order valence-corrected chi connectivity index (χ4v) is 7.78. The van der Waals surface area contributed by atoms with Gasteiger partial charge < -0.3 is 20.4 Å². The third kappa shape index (κ3) is 8.58. The predicted octanol–water partition coefficient (Wildman–Crippen LogP) is 4.31. The number of carbonyl (C=O) groups excluding carboxylic acids is 2. The molecule has 2 amide bonds. The van der Waals surface area contributed by atoms with Gasteiger partial charge in [-0.25, -0.2) is 4.98 Å². The number of rotatable bonds is 11. The molecule has 1 aromatic carbocycles. The van der Waals surface area contributed by atoms with Crippen molar-refractivity contribution in [1.82, 2.24) is 35.2 Å². The average molecular weight is 612 g/mol. The molecule has 2 N–H and O–H groups in total. The minimum atomic E-state index is -0.275. The van der Waals surface area contributed by atoms with Gasteiger partial charge in [-0.3, -0.25) is 14.3 Å². The number of benzene rings is 1. The normalized spacial score (nSPS) is 23.6. The van der Waals surface area contributed by atoms with Crippen molar-refractivity contribution in [2.75, 3.05) is 33.7 Å². The third-order valence-electron chi connectivity index (χ3n) is 10.3. The molecule has 0 bridgehead atoms. The number of likely N-dealkylation sites (N-methyl/N-ethyl adjacent to an activating group) is 1. The number of piperidine rings is 1. The molecule has 1 saturated heterocycles. The Bertz CT molecular complexity index is 1150. The summed E-state index contributed by atoms with van der Waals surface area (Å²) in [6.45, 7) is 2.85. The smallest absolute Gasteiger partial charge is 0.240 e. The van der Waals surface area contributed by atoms with Crippen LogP contribution in [0.15, 0.2) is 36.9 Å². The summed E-state index contributed by atoms with van der Waals surface area (Å²) in [5.74, 6) is 0.997. The topological polar surface area (TPSA) is 95.4 Å². The number of halogens is 1. The van der Waals surface area contributed by atoms with Crippen molar-refractivity contribution in [2.24, 2.45) is 11.3 Å². The second kappa shape index (κ2) is 15.0. The summed E-state index contributed by atoms with van der Waals surface area (Å²) in [5, 5.41) is 12.4. The number of amides is 2. The molecule has 2 saturated carbocycles. The van der Waals surface area contributed by atoms with Gasteiger partial charge in [0.25, 0.3) is 0 Å². The van der Waals surface area contributed by atoms with Crippen LogP contribution < -0.4 is 10.6 Å². The summed E-state index contributed by atoms with van der Waals surface area (Å²) in [5.41, 5.74) is 1.29. The molecule has 10 heteroatoms. The van der Waals surface area contributed by atoms with E-state index in [-0.39, 0.29) is 29.3 Å². The number of hydrogen-bond donors (Lipinski definition) is 2. The van der Waals surface area contributed by atoms with Gasteiger partial charge in [0.1, 0.15) is 12.7 Å². The molecule has 1 aromatic heterocycles. The van der Waals surface area contributed by atoms with Crippen LogP contribution in [-0.4, -0.2) is 88.2 Å². The van der Waals surface area contributed by atoms with E-state index in [1.807, 2.05) is 35.3 Å². The Balaban J connectivity index is 1.22. The molecule has 43 heavy (non-hydrogen) atoms. The number of carbonyl (C=O) groups is 2. The van der Waals surface area contributed by atoms with Gasteiger partial charge in [-0.15, -0.1) is 0 Å². The largest absolute Gasteiger partial charge is 0.348 e. The first kappa shape index (κ1) is 31.9. The summed E-state index contributed by atoms with van der Waals surface area (Å²) in [6.07, 6.45) is 16.6. The van der Waals surface area contributed by atoms with Crippen LogP contribution in [-0.2, 0) is 22.6 Å². The van der Waals surface area contributed by atoms with Gasteiger partial charge >= 0.3 is 0 Å². The highest BCUT2D eigenvalue weighted by molar-refractivity contribution is 6.30. The van der Waals surface area contributed by atoms with Crippen molar-refractivity contribution in [3.63, 3.8) is 0 Å². The minimum Gasteiger partial charge on any atom is -0.348 e. The third-order valence-corrected chi connectivity index (χ3v) is 10.6. The molecule has 0 unspecified atom stereocenters. The van der Waals surface area contributed by atoms with Crippen molar-refractivity contribution >= 4 is 23.4 Å². The summed E-state index contributed by atoms with van der Waals surface area (Å²) in [7, 11) is 3.58. The average Bonchev–Trinajstić information content (AvgIpc) is 3.54. The Kier molecular flexibility index (Phi) is 11.1. The molecule has 2 heterocycles. The van der Waals surface area contributed by atoms with Crippen molar-refractivity contribution in [2.45, 2.75) is 102 Å². The first-order valence-electron chi connectivity index (χ1n) is 16.4. The predicted molar refractivity (Wildman–Crippen MR) is 170 cm³/mol. The highest BCUT2D eigenvalue weighted by atomic mass is 35.5. The fraction of sp³-hybridized carbons (Fsp3) is 0.697. The van der Waals surface area contributed by atoms with Gasteiger partial charge in [0.05, 0.1) is 12.6 Å². The van der Waals surface area contributed by atoms with Crippen molar-refractivity contribution < 1.29 is 9.59 Å². The summed E-state index contributed by atoms with van der Waals surface area (Å²) in [4.78, 5) is 34.2. The second-order valence-corrected chi connectivity index (χ2v) is 13.8. The van der Waals surface area contributed by atoms with E-state index in [0.29, 0.717) is 29.9 Å². The Hall–Kier alpha value is -2.49. The van der Waals surface area contributed by atoms with Crippen molar-refractivity contribution in [3.8, 4) is 0 Å². The maximum atomic E-state index is 14.2. The zero-order valence-electron chi connectivity index (χ0n) is 26.0. The highest BCUT2D eigenvalue weighted by Gasteiger charge is 2.44. The standard InChI is InChI=1S/C33H50ClN7O2/c1-39(2)31(42)21-36-28-12-14-29(15-13-28)38-30(20-25-8-10-27(34)11-9-25)32(43)40-18-16-33(17-19-40,22-41-24-35-23-37-41)26-6-4-3-5-7-26/h8-11,23-24,26,28-30,36,38H,3-7,12-22H2,1-2H3/t28?,29?,30-/m1/s1. The molecular weight excluding hydrogens is 562 g/mol. The van der Waals surface area contributed by atoms with Gasteiger partial charge in [0.2, 0.25) is 11.8 Å². The molecular formula is C33H50ClN7O2. The van der Waals surface area contributed by atoms with E-state index >= 15 is 0 Å². The van der Waals surface area contributed by atoms with Crippen LogP contribution in [0, 0.1) is 11.3 Å². The minimum absolute atomic E-state index is 0.101. The van der Waals surface area contributed by atoms with Crippen LogP contribution >= 0.6 is 11.6 Å². The van der Waals surface area contributed by atoms with E-state index in [1.54, 1.807) is 25.3 Å². The summed E-state index contributed by atoms with van der Waals surface area (Å²) < 4.78 is 2.01. The lowest BCUT2D eigenvalue weighted by Gasteiger charge is -2.48. The second-order valence-electron chi connectivity index (χ2n) is 13.4. The Morgan fingerprint density at radius 1 is 1.00 bits per heavy atom. The molecule has 5 rings (SSSR count). The molecule has 1 aliphatic heterocycles. The SMILES string of the molecule is CN(C)C(=O)CNC1CCC(N[C@H](Cc2ccc(Cl)cc2)C(=O)N2CCC(Cn3cncn3)(C3CCCCC3)CC2)CC1. The van der Waals surface area contributed by atoms with Gasteiger partial charge in [0, 0.05) is 50.8 Å². The highest BCUT2D eigenvalue weighted by Crippen LogP contribution is 2.47. The first-order valence-corrected chi connectivity index (χ1v) is 16.7. The molecule has 0 spiro atoms. The van der Waals surface area contributed by atoms with Crippen LogP contribution in [0.25, 0.3) is 0 Å². The van der Waals surface area contributed by atoms with E-state index in [9.17, 15) is 9.59 Å². The maximum absolute atomic E-state index is 14.2. The van der Waals surface area contributed by atoms with E-state index in [4.69, 9.17) is 11.6 Å². The monoisotopic (exact) mass is 611 g/mol. The Morgan fingerprint density at radius 3 is 2.30 bits per heavy atom. The van der Waals surface area contributed by atoms with Gasteiger partial charge in [-0.05, 0) is 86.8 Å². The molecule has 2 aromatic rings. The quantitative estimate of drug-likeness (QED) is 0.393. The lowest BCUT2D eigenvalue weighted by Crippen LogP contribution is -2.56. The number of likely N-dealkylation sites (tertiary alicyclic amines) is 1. The van der Waals surface area contributed by atoms with E-state index in [1.165, 1.54) is 32.1 Å². The van der Waals surface area contributed by atoms with Gasteiger partial charge in [-0.2, -0.15) is 5.10 Å². The molecule has 236 valence electrons. The lowest BCUT2D eigenvalue weighted by molar-refractivity contribution is -0.137. The van der Waals surface area contributed by atoms with Crippen LogP contribution in [0.3, 0.4) is 0 Å². The number of aromatic nitrogens is 3. The van der Waals surface area contributed by atoms with Crippen molar-refractivity contribution in [1.29, 1.82) is 0 Å². The summed E-state index contributed by atoms with van der Waals surface area (Å²) in [6, 6.07) is 8.24. The number of nitrogens with one attached hydrogen (secondary N) is 2. The number of nitrogens with zero attached hydrogens (tertiary/aromatic N) is 5. The van der Waals surface area contributed by atoms with Crippen molar-refractivity contribution in [3.05, 3.63) is 47.5 Å². The maximum Gasteiger partial charge on any atom is 0.240 e. The molecule has 1 atom stereocenters. The van der Waals surface area contributed by atoms with Gasteiger partial charge in [-0.1, -0.05) is 43.0 Å². The zero-order valence-corrected chi connectivity index (χ0v) is 26.8. The van der Waals surface area contributed by atoms with Crippen LogP contribution in [0.5, 0.6) is 0 Å². The molecule has 3 aliphatic rings. The summed E-state index contributed by atoms with van der Waals surface area (Å²) >= 11 is 6.18. The Morgan fingerprint density at radius 2 is 1.67 bits per heavy atom. The number of hydrogen-bond acceptors (Lipinski definition) is 6.